The van der Waals surface area contributed by atoms with Crippen LogP contribution in [0.15, 0.2) is 212 Å². The first-order valence-electron chi connectivity index (χ1n) is 16.3. The Morgan fingerprint density at radius 1 is 0.306 bits per heavy atom. The fourth-order valence-corrected chi connectivity index (χ4v) is 15.4. The van der Waals surface area contributed by atoms with Crippen molar-refractivity contribution in [3.63, 3.8) is 0 Å². The minimum absolute atomic E-state index is 0. The van der Waals surface area contributed by atoms with E-state index >= 15 is 0 Å². The largest absolute Gasteiger partial charge is 0.0622 e. The second-order valence-electron chi connectivity index (χ2n) is 11.4. The third kappa shape index (κ3) is 9.77. The molecule has 1 radical (unpaired) electrons. The number of rotatable bonds is 10. The van der Waals surface area contributed by atoms with Crippen molar-refractivity contribution in [1.29, 1.82) is 0 Å². The molecule has 0 N–H and O–H groups in total. The van der Waals surface area contributed by atoms with E-state index in [9.17, 15) is 0 Å². The zero-order valence-electron chi connectivity index (χ0n) is 27.2. The van der Waals surface area contributed by atoms with E-state index in [1.54, 1.807) is 0 Å². The van der Waals surface area contributed by atoms with Gasteiger partial charge in [-0.2, -0.15) is 0 Å². The Labute approximate surface area is 315 Å². The van der Waals surface area contributed by atoms with Crippen molar-refractivity contribution >= 4 is 70.8 Å². The molecule has 0 aliphatic carbocycles. The molecule has 0 nitrogen and oxygen atoms in total. The molecule has 0 fully saturated rings. The molecule has 0 saturated carbocycles. The fraction of sp³-hybridized carbons (Fsp3) is 0.0455. The Morgan fingerprint density at radius 2 is 0.490 bits per heavy atom. The van der Waals surface area contributed by atoms with Crippen LogP contribution < -0.4 is 37.1 Å². The van der Waals surface area contributed by atoms with Crippen LogP contribution in [-0.4, -0.2) is 12.3 Å². The Balaban J connectivity index is 0.000000197. The summed E-state index contributed by atoms with van der Waals surface area (Å²) >= 11 is 7.25. The standard InChI is InChI=1S/C26H24P2.C18H16ClP.Au/c1-5-13-23(14-6-1)27(24-15-7-2-8-16-24)21-22-28(25-17-9-3-10-18-25)26-19-11-4-12-20-26;19-20(16-10-4-1-5-11-16,17-12-6-2-7-13-17)18-14-8-3-9-15-18;/h1-20H,21-22H2;1-15,20H;. The molecule has 49 heavy (non-hydrogen) atoms. The fourth-order valence-electron chi connectivity index (χ4n) is 5.95. The van der Waals surface area contributed by atoms with Gasteiger partial charge in [0.25, 0.3) is 0 Å². The predicted molar refractivity (Wildman–Crippen MR) is 220 cm³/mol. The van der Waals surface area contributed by atoms with Gasteiger partial charge in [0.1, 0.15) is 0 Å². The van der Waals surface area contributed by atoms with Gasteiger partial charge in [-0.3, -0.25) is 0 Å². The average Bonchev–Trinajstić information content (AvgIpc) is 3.19. The van der Waals surface area contributed by atoms with E-state index in [1.807, 2.05) is 18.2 Å². The molecule has 0 amide bonds. The summed E-state index contributed by atoms with van der Waals surface area (Å²) in [6.45, 7) is -2.41. The first kappa shape index (κ1) is 37.1. The molecule has 0 aromatic heterocycles. The molecular formula is C44H40AuClP3. The SMILES string of the molecule is Cl[PH](c1ccccc1)(c1ccccc1)c1ccccc1.[Au].c1ccc(P(CCP(c2ccccc2)c2ccccc2)c2ccccc2)cc1. The van der Waals surface area contributed by atoms with Crippen LogP contribution in [0.1, 0.15) is 0 Å². The smallest absolute Gasteiger partial charge is 0 e. The van der Waals surface area contributed by atoms with E-state index in [1.165, 1.54) is 49.5 Å². The van der Waals surface area contributed by atoms with E-state index in [2.05, 4.69) is 194 Å². The molecule has 249 valence electrons. The molecule has 7 aromatic rings. The van der Waals surface area contributed by atoms with Crippen LogP contribution in [0.3, 0.4) is 0 Å². The summed E-state index contributed by atoms with van der Waals surface area (Å²) in [6, 6.07) is 75.5. The van der Waals surface area contributed by atoms with Crippen molar-refractivity contribution in [2.75, 3.05) is 12.3 Å². The molecule has 0 spiro atoms. The Hall–Kier alpha value is -3.14. The van der Waals surface area contributed by atoms with Crippen molar-refractivity contribution < 1.29 is 22.4 Å². The van der Waals surface area contributed by atoms with E-state index < -0.39 is 6.62 Å². The van der Waals surface area contributed by atoms with Crippen LogP contribution in [0, 0.1) is 0 Å². The molecule has 0 bridgehead atoms. The maximum atomic E-state index is 7.25. The van der Waals surface area contributed by atoms with Crippen LogP contribution in [0.25, 0.3) is 0 Å². The zero-order chi connectivity index (χ0) is 32.9. The molecule has 0 aliphatic heterocycles. The molecule has 0 saturated heterocycles. The van der Waals surface area contributed by atoms with Crippen LogP contribution in [0.2, 0.25) is 0 Å². The van der Waals surface area contributed by atoms with Crippen LogP contribution in [0.5, 0.6) is 0 Å². The minimum Gasteiger partial charge on any atom is -0.0622 e. The third-order valence-electron chi connectivity index (χ3n) is 8.33. The summed E-state index contributed by atoms with van der Waals surface area (Å²) in [7, 11) is -0.696. The summed E-state index contributed by atoms with van der Waals surface area (Å²) in [5.74, 6) is 0. The molecule has 0 unspecified atom stereocenters. The van der Waals surface area contributed by atoms with Gasteiger partial charge >= 0.3 is 125 Å². The summed E-state index contributed by atoms with van der Waals surface area (Å²) < 4.78 is 0. The van der Waals surface area contributed by atoms with Gasteiger partial charge in [-0.25, -0.2) is 0 Å². The van der Waals surface area contributed by atoms with Gasteiger partial charge in [-0.15, -0.1) is 0 Å². The topological polar surface area (TPSA) is 0 Å². The number of benzene rings is 7. The Bertz CT molecular complexity index is 1660. The van der Waals surface area contributed by atoms with Gasteiger partial charge in [0.2, 0.25) is 0 Å². The summed E-state index contributed by atoms with van der Waals surface area (Å²) in [5, 5.41) is 9.55. The van der Waals surface area contributed by atoms with Crippen molar-refractivity contribution in [2.45, 2.75) is 0 Å². The maximum absolute atomic E-state index is 7.25. The normalized spacial score (nSPS) is 11.2. The van der Waals surface area contributed by atoms with E-state index in [-0.39, 0.29) is 38.2 Å². The zero-order valence-corrected chi connectivity index (χ0v) is 32.9. The molecule has 0 atom stereocenters. The summed E-state index contributed by atoms with van der Waals surface area (Å²) in [5.41, 5.74) is 0. The van der Waals surface area contributed by atoms with Gasteiger partial charge in [0.05, 0.1) is 0 Å². The van der Waals surface area contributed by atoms with Gasteiger partial charge in [0, 0.05) is 22.4 Å². The van der Waals surface area contributed by atoms with Crippen LogP contribution in [-0.2, 0) is 22.4 Å². The quantitative estimate of drug-likeness (QED) is 0.0951. The second kappa shape index (κ2) is 19.3. The molecule has 7 rings (SSSR count). The van der Waals surface area contributed by atoms with Crippen molar-refractivity contribution in [3.8, 4) is 0 Å². The van der Waals surface area contributed by atoms with Crippen LogP contribution in [0.4, 0.5) is 0 Å². The van der Waals surface area contributed by atoms with Gasteiger partial charge in [0.15, 0.2) is 0 Å². The molecular weight excluding hydrogens is 854 g/mol. The number of hydrogen-bond donors (Lipinski definition) is 0. The van der Waals surface area contributed by atoms with Gasteiger partial charge < -0.3 is 0 Å². The summed E-state index contributed by atoms with van der Waals surface area (Å²) in [6.07, 6.45) is 2.41. The van der Waals surface area contributed by atoms with Crippen molar-refractivity contribution in [2.24, 2.45) is 0 Å². The first-order valence-corrected chi connectivity index (χ1v) is 22.4. The van der Waals surface area contributed by atoms with E-state index in [0.717, 1.165) is 0 Å². The maximum Gasteiger partial charge on any atom is 0 e. The molecule has 5 heteroatoms. The molecule has 7 aromatic carbocycles. The molecule has 0 heterocycles. The Kier molecular flexibility index (Phi) is 14.6. The number of halogens is 1. The van der Waals surface area contributed by atoms with Crippen molar-refractivity contribution in [3.05, 3.63) is 212 Å². The first-order chi connectivity index (χ1) is 23.7. The van der Waals surface area contributed by atoms with E-state index in [0.29, 0.717) is 0 Å². The molecule has 0 aliphatic rings. The average molecular weight is 894 g/mol. The Morgan fingerprint density at radius 3 is 0.694 bits per heavy atom. The van der Waals surface area contributed by atoms with E-state index in [4.69, 9.17) is 11.2 Å². The predicted octanol–water partition coefficient (Wildman–Crippen LogP) is 9.12. The van der Waals surface area contributed by atoms with Gasteiger partial charge in [-0.1, -0.05) is 121 Å². The van der Waals surface area contributed by atoms with Crippen molar-refractivity contribution in [1.82, 2.24) is 0 Å². The summed E-state index contributed by atoms with van der Waals surface area (Å²) in [4.78, 5) is 0. The van der Waals surface area contributed by atoms with Crippen LogP contribution >= 0.6 is 33.7 Å². The number of hydrogen-bond acceptors (Lipinski definition) is 0. The monoisotopic (exact) mass is 893 g/mol. The third-order valence-corrected chi connectivity index (χ3v) is 19.1. The second-order valence-corrected chi connectivity index (χ2v) is 20.8. The minimum atomic E-state index is -2.41. The van der Waals surface area contributed by atoms with Gasteiger partial charge in [-0.05, 0) is 49.4 Å².